The van der Waals surface area contributed by atoms with E-state index < -0.39 is 4.92 Å². The van der Waals surface area contributed by atoms with Gasteiger partial charge < -0.3 is 9.47 Å². The van der Waals surface area contributed by atoms with Crippen LogP contribution in [0.3, 0.4) is 0 Å². The fourth-order valence-electron chi connectivity index (χ4n) is 3.07. The van der Waals surface area contributed by atoms with Gasteiger partial charge >= 0.3 is 0 Å². The fraction of sp³-hybridized carbons (Fsp3) is 0.444. The molecule has 2 aromatic rings. The Bertz CT molecular complexity index is 833. The van der Waals surface area contributed by atoms with E-state index in [1.54, 1.807) is 6.07 Å². The monoisotopic (exact) mass is 406 g/mol. The van der Waals surface area contributed by atoms with Gasteiger partial charge in [-0.25, -0.2) is 4.98 Å². The number of carbonyl (C=O) groups excluding carboxylic acids is 1. The second kappa shape index (κ2) is 9.09. The minimum Gasteiger partial charge on any atom is -0.484 e. The molecule has 0 spiro atoms. The van der Waals surface area contributed by atoms with Gasteiger partial charge in [0, 0.05) is 31.1 Å². The molecule has 10 heteroatoms. The van der Waals surface area contributed by atoms with Crippen molar-refractivity contribution in [1.29, 1.82) is 0 Å². The van der Waals surface area contributed by atoms with Crippen molar-refractivity contribution >= 4 is 28.1 Å². The zero-order chi connectivity index (χ0) is 20.1. The van der Waals surface area contributed by atoms with Crippen LogP contribution in [-0.4, -0.2) is 52.6 Å². The van der Waals surface area contributed by atoms with Crippen LogP contribution in [0.25, 0.3) is 0 Å². The normalized spacial score (nSPS) is 19.9. The van der Waals surface area contributed by atoms with Gasteiger partial charge in [0.05, 0.1) is 28.9 Å². The quantitative estimate of drug-likeness (QED) is 0.556. The highest BCUT2D eigenvalue weighted by atomic mass is 32.1. The van der Waals surface area contributed by atoms with Crippen LogP contribution in [0.4, 0.5) is 10.8 Å². The summed E-state index contributed by atoms with van der Waals surface area (Å²) in [5.41, 5.74) is 0.801. The van der Waals surface area contributed by atoms with Crippen molar-refractivity contribution in [3.05, 3.63) is 45.5 Å². The van der Waals surface area contributed by atoms with E-state index in [9.17, 15) is 14.9 Å². The van der Waals surface area contributed by atoms with Gasteiger partial charge in [-0.15, -0.1) is 11.3 Å². The van der Waals surface area contributed by atoms with E-state index in [1.165, 1.54) is 29.5 Å². The first-order valence-corrected chi connectivity index (χ1v) is 9.76. The van der Waals surface area contributed by atoms with Crippen LogP contribution in [0.1, 0.15) is 19.5 Å². The largest absolute Gasteiger partial charge is 0.484 e. The summed E-state index contributed by atoms with van der Waals surface area (Å²) < 4.78 is 11.0. The van der Waals surface area contributed by atoms with E-state index in [4.69, 9.17) is 9.47 Å². The van der Waals surface area contributed by atoms with Gasteiger partial charge in [-0.3, -0.25) is 25.1 Å². The zero-order valence-corrected chi connectivity index (χ0v) is 16.5. The highest BCUT2D eigenvalue weighted by molar-refractivity contribution is 7.13. The molecule has 9 nitrogen and oxygen atoms in total. The summed E-state index contributed by atoms with van der Waals surface area (Å²) in [5, 5.41) is 15.9. The number of hydrogen-bond donors (Lipinski definition) is 1. The number of hydrogen-bond acceptors (Lipinski definition) is 8. The molecule has 3 rings (SSSR count). The maximum atomic E-state index is 12.1. The molecule has 1 fully saturated rings. The third kappa shape index (κ3) is 5.72. The Labute approximate surface area is 166 Å². The summed E-state index contributed by atoms with van der Waals surface area (Å²) in [7, 11) is 0. The van der Waals surface area contributed by atoms with Crippen LogP contribution >= 0.6 is 11.3 Å². The first-order chi connectivity index (χ1) is 13.4. The van der Waals surface area contributed by atoms with E-state index >= 15 is 0 Å². The first-order valence-electron chi connectivity index (χ1n) is 8.88. The number of ether oxygens (including phenoxy) is 2. The number of nitro groups is 1. The molecule has 1 aliphatic rings. The van der Waals surface area contributed by atoms with Crippen molar-refractivity contribution in [3.8, 4) is 5.75 Å². The molecule has 1 N–H and O–H groups in total. The van der Waals surface area contributed by atoms with Gasteiger partial charge in [0.1, 0.15) is 5.75 Å². The summed E-state index contributed by atoms with van der Waals surface area (Å²) in [6.07, 6.45) is 0.375. The third-order valence-corrected chi connectivity index (χ3v) is 4.88. The van der Waals surface area contributed by atoms with Crippen molar-refractivity contribution in [3.63, 3.8) is 0 Å². The maximum absolute atomic E-state index is 12.1. The number of nitrogens with one attached hydrogen (secondary N) is 1. The number of rotatable bonds is 7. The molecule has 1 amide bonds. The second-order valence-corrected chi connectivity index (χ2v) is 7.54. The molecular formula is C18H22N4O5S. The Morgan fingerprint density at radius 3 is 2.89 bits per heavy atom. The molecule has 150 valence electrons. The Morgan fingerprint density at radius 1 is 1.43 bits per heavy atom. The maximum Gasteiger partial charge on any atom is 0.273 e. The average Bonchev–Trinajstić information content (AvgIpc) is 3.06. The summed E-state index contributed by atoms with van der Waals surface area (Å²) in [6, 6.07) is 5.71. The molecule has 1 aliphatic heterocycles. The Balaban J connectivity index is 1.48. The predicted octanol–water partition coefficient (Wildman–Crippen LogP) is 2.68. The number of nitro benzene ring substituents is 1. The molecule has 0 aliphatic carbocycles. The Hall–Kier alpha value is -2.56. The summed E-state index contributed by atoms with van der Waals surface area (Å²) in [5.74, 6) is -0.110. The molecule has 2 atom stereocenters. The molecule has 1 aromatic carbocycles. The fourth-order valence-corrected chi connectivity index (χ4v) is 3.79. The SMILES string of the molecule is CC1CN(Cc2csc(NC(=O)COc3cccc([N+](=O)[O-])c3)n2)CC(C)O1. The Kier molecular flexibility index (Phi) is 6.55. The average molecular weight is 406 g/mol. The van der Waals surface area contributed by atoms with Crippen LogP contribution in [0, 0.1) is 10.1 Å². The lowest BCUT2D eigenvalue weighted by molar-refractivity contribution is -0.384. The van der Waals surface area contributed by atoms with Crippen molar-refractivity contribution in [1.82, 2.24) is 9.88 Å². The van der Waals surface area contributed by atoms with Gasteiger partial charge in [-0.2, -0.15) is 0 Å². The van der Waals surface area contributed by atoms with Crippen molar-refractivity contribution in [2.75, 3.05) is 25.0 Å². The van der Waals surface area contributed by atoms with E-state index in [-0.39, 0.29) is 36.2 Å². The number of amides is 1. The second-order valence-electron chi connectivity index (χ2n) is 6.69. The molecule has 0 saturated carbocycles. The lowest BCUT2D eigenvalue weighted by atomic mass is 10.2. The molecule has 1 aromatic heterocycles. The van der Waals surface area contributed by atoms with E-state index in [0.29, 0.717) is 11.7 Å². The van der Waals surface area contributed by atoms with Gasteiger partial charge in [0.15, 0.2) is 11.7 Å². The molecular weight excluding hydrogens is 384 g/mol. The van der Waals surface area contributed by atoms with Crippen molar-refractivity contribution in [2.45, 2.75) is 32.6 Å². The number of carbonyl (C=O) groups is 1. The Morgan fingerprint density at radius 2 is 2.18 bits per heavy atom. The van der Waals surface area contributed by atoms with E-state index in [1.807, 2.05) is 5.38 Å². The van der Waals surface area contributed by atoms with Crippen molar-refractivity contribution in [2.24, 2.45) is 0 Å². The highest BCUT2D eigenvalue weighted by Crippen LogP contribution is 2.21. The number of thiazole rings is 1. The first kappa shape index (κ1) is 20.2. The summed E-state index contributed by atoms with van der Waals surface area (Å²) in [4.78, 5) is 29.0. The summed E-state index contributed by atoms with van der Waals surface area (Å²) >= 11 is 1.35. The smallest absolute Gasteiger partial charge is 0.273 e. The highest BCUT2D eigenvalue weighted by Gasteiger charge is 2.22. The number of benzene rings is 1. The van der Waals surface area contributed by atoms with Crippen LogP contribution < -0.4 is 10.1 Å². The molecule has 2 heterocycles. The van der Waals surface area contributed by atoms with E-state index in [2.05, 4.69) is 29.0 Å². The number of morpholine rings is 1. The molecule has 0 radical (unpaired) electrons. The molecule has 1 saturated heterocycles. The number of aromatic nitrogens is 1. The third-order valence-electron chi connectivity index (χ3n) is 4.08. The van der Waals surface area contributed by atoms with Crippen LogP contribution in [0.5, 0.6) is 5.75 Å². The zero-order valence-electron chi connectivity index (χ0n) is 15.7. The predicted molar refractivity (Wildman–Crippen MR) is 105 cm³/mol. The lowest BCUT2D eigenvalue weighted by Gasteiger charge is -2.34. The van der Waals surface area contributed by atoms with Gasteiger partial charge in [-0.1, -0.05) is 6.07 Å². The minimum atomic E-state index is -0.514. The topological polar surface area (TPSA) is 107 Å². The molecule has 28 heavy (non-hydrogen) atoms. The minimum absolute atomic E-state index is 0.0887. The van der Waals surface area contributed by atoms with Gasteiger partial charge in [0.2, 0.25) is 0 Å². The van der Waals surface area contributed by atoms with Crippen LogP contribution in [0.2, 0.25) is 0 Å². The number of nitrogens with zero attached hydrogens (tertiary/aromatic N) is 3. The van der Waals surface area contributed by atoms with Gasteiger partial charge in [0.25, 0.3) is 11.6 Å². The number of non-ortho nitro benzene ring substituents is 1. The van der Waals surface area contributed by atoms with Crippen molar-refractivity contribution < 1.29 is 19.2 Å². The van der Waals surface area contributed by atoms with E-state index in [0.717, 1.165) is 18.8 Å². The lowest BCUT2D eigenvalue weighted by Crippen LogP contribution is -2.44. The van der Waals surface area contributed by atoms with Crippen LogP contribution in [-0.2, 0) is 16.1 Å². The summed E-state index contributed by atoms with van der Waals surface area (Å²) in [6.45, 7) is 6.25. The van der Waals surface area contributed by atoms with Gasteiger partial charge in [-0.05, 0) is 19.9 Å². The molecule has 2 unspecified atom stereocenters. The molecule has 0 bridgehead atoms. The standard InChI is InChI=1S/C18H22N4O5S/c1-12-7-21(8-13(2)27-12)9-14-11-28-18(19-14)20-17(23)10-26-16-5-3-4-15(6-16)22(24)25/h3-6,11-13H,7-10H2,1-2H3,(H,19,20,23). The van der Waals surface area contributed by atoms with Crippen LogP contribution in [0.15, 0.2) is 29.6 Å². The number of anilines is 1.